The standard InChI is InChI=1S/C23H30BrN3O/c1-14-10-19-17(12-18(14)24)8-7-9-27(19)20-11-15(2)22(16(3)25-20)26-21(28)13-23(4,5)6/h10-12H,7-9,13H2,1-6H3,(H,26,28). The van der Waals surface area contributed by atoms with Gasteiger partial charge in [-0.05, 0) is 73.9 Å². The highest BCUT2D eigenvalue weighted by Gasteiger charge is 2.23. The first-order valence-electron chi connectivity index (χ1n) is 9.90. The van der Waals surface area contributed by atoms with Crippen molar-refractivity contribution in [2.75, 3.05) is 16.8 Å². The quantitative estimate of drug-likeness (QED) is 0.611. The molecule has 3 rings (SSSR count). The van der Waals surface area contributed by atoms with E-state index in [0.717, 1.165) is 46.6 Å². The maximum Gasteiger partial charge on any atom is 0.224 e. The summed E-state index contributed by atoms with van der Waals surface area (Å²) in [5.41, 5.74) is 6.52. The van der Waals surface area contributed by atoms with Gasteiger partial charge in [0.25, 0.3) is 0 Å². The largest absolute Gasteiger partial charge is 0.326 e. The van der Waals surface area contributed by atoms with Crippen molar-refractivity contribution in [1.29, 1.82) is 0 Å². The molecular formula is C23H30BrN3O. The Balaban J connectivity index is 1.92. The number of aromatic nitrogens is 1. The van der Waals surface area contributed by atoms with Crippen LogP contribution in [0.2, 0.25) is 0 Å². The van der Waals surface area contributed by atoms with Crippen LogP contribution in [0.25, 0.3) is 0 Å². The Bertz CT molecular complexity index is 892. The molecule has 0 atom stereocenters. The van der Waals surface area contributed by atoms with Gasteiger partial charge in [-0.2, -0.15) is 0 Å². The summed E-state index contributed by atoms with van der Waals surface area (Å²) in [6.45, 7) is 13.3. The Hall–Kier alpha value is -1.88. The van der Waals surface area contributed by atoms with Gasteiger partial charge in [-0.15, -0.1) is 0 Å². The number of pyridine rings is 1. The molecule has 5 heteroatoms. The number of aryl methyl sites for hydroxylation is 4. The average Bonchev–Trinajstić information content (AvgIpc) is 2.57. The zero-order valence-corrected chi connectivity index (χ0v) is 19.3. The molecule has 0 spiro atoms. The molecular weight excluding hydrogens is 414 g/mol. The van der Waals surface area contributed by atoms with Gasteiger partial charge in [0.05, 0.1) is 11.4 Å². The van der Waals surface area contributed by atoms with E-state index in [1.807, 2.05) is 13.8 Å². The summed E-state index contributed by atoms with van der Waals surface area (Å²) < 4.78 is 1.16. The Kier molecular flexibility index (Phi) is 5.85. The van der Waals surface area contributed by atoms with Gasteiger partial charge >= 0.3 is 0 Å². The highest BCUT2D eigenvalue weighted by molar-refractivity contribution is 9.10. The van der Waals surface area contributed by atoms with Crippen LogP contribution in [0.15, 0.2) is 22.7 Å². The molecule has 1 amide bonds. The third-order valence-electron chi connectivity index (χ3n) is 5.09. The normalized spacial score (nSPS) is 14.0. The lowest BCUT2D eigenvalue weighted by molar-refractivity contribution is -0.117. The second-order valence-electron chi connectivity index (χ2n) is 9.03. The smallest absolute Gasteiger partial charge is 0.224 e. The number of anilines is 3. The van der Waals surface area contributed by atoms with Crippen molar-refractivity contribution in [1.82, 2.24) is 4.98 Å². The second-order valence-corrected chi connectivity index (χ2v) is 9.88. The number of halogens is 1. The van der Waals surface area contributed by atoms with Gasteiger partial charge in [-0.3, -0.25) is 4.79 Å². The molecule has 1 N–H and O–H groups in total. The molecule has 28 heavy (non-hydrogen) atoms. The summed E-state index contributed by atoms with van der Waals surface area (Å²) >= 11 is 3.65. The number of carbonyl (C=O) groups excluding carboxylic acids is 1. The molecule has 4 nitrogen and oxygen atoms in total. The highest BCUT2D eigenvalue weighted by Crippen LogP contribution is 2.37. The number of hydrogen-bond donors (Lipinski definition) is 1. The zero-order valence-electron chi connectivity index (χ0n) is 17.7. The van der Waals surface area contributed by atoms with Crippen LogP contribution >= 0.6 is 15.9 Å². The van der Waals surface area contributed by atoms with E-state index in [-0.39, 0.29) is 11.3 Å². The van der Waals surface area contributed by atoms with Crippen LogP contribution in [0.3, 0.4) is 0 Å². The Morgan fingerprint density at radius 1 is 1.18 bits per heavy atom. The number of benzene rings is 1. The van der Waals surface area contributed by atoms with Gasteiger partial charge in [0.2, 0.25) is 5.91 Å². The third-order valence-corrected chi connectivity index (χ3v) is 5.95. The first-order chi connectivity index (χ1) is 13.0. The lowest BCUT2D eigenvalue weighted by atomic mass is 9.92. The fourth-order valence-corrected chi connectivity index (χ4v) is 4.14. The molecule has 1 aromatic heterocycles. The van der Waals surface area contributed by atoms with E-state index in [1.54, 1.807) is 0 Å². The van der Waals surface area contributed by atoms with Crippen molar-refractivity contribution in [3.8, 4) is 0 Å². The van der Waals surface area contributed by atoms with Crippen molar-refractivity contribution >= 4 is 39.0 Å². The predicted molar refractivity (Wildman–Crippen MR) is 121 cm³/mol. The summed E-state index contributed by atoms with van der Waals surface area (Å²) in [4.78, 5) is 19.6. The van der Waals surface area contributed by atoms with Gasteiger partial charge < -0.3 is 10.2 Å². The second kappa shape index (κ2) is 7.86. The number of nitrogens with one attached hydrogen (secondary N) is 1. The van der Waals surface area contributed by atoms with E-state index in [4.69, 9.17) is 4.98 Å². The number of hydrogen-bond acceptors (Lipinski definition) is 3. The first kappa shape index (κ1) is 20.8. The molecule has 2 heterocycles. The van der Waals surface area contributed by atoms with Crippen LogP contribution in [0.4, 0.5) is 17.2 Å². The number of nitrogens with zero attached hydrogens (tertiary/aromatic N) is 2. The molecule has 1 aliphatic heterocycles. The van der Waals surface area contributed by atoms with Gasteiger partial charge in [0.1, 0.15) is 5.82 Å². The van der Waals surface area contributed by atoms with E-state index < -0.39 is 0 Å². The molecule has 0 unspecified atom stereocenters. The topological polar surface area (TPSA) is 45.2 Å². The number of fused-ring (bicyclic) bond motifs is 1. The average molecular weight is 444 g/mol. The molecule has 0 aliphatic carbocycles. The van der Waals surface area contributed by atoms with Crippen molar-refractivity contribution in [3.05, 3.63) is 45.1 Å². The number of carbonyl (C=O) groups is 1. The van der Waals surface area contributed by atoms with Gasteiger partial charge in [-0.25, -0.2) is 4.98 Å². The monoisotopic (exact) mass is 443 g/mol. The van der Waals surface area contributed by atoms with Crippen molar-refractivity contribution < 1.29 is 4.79 Å². The van der Waals surface area contributed by atoms with Crippen LogP contribution in [-0.4, -0.2) is 17.4 Å². The molecule has 0 bridgehead atoms. The van der Waals surface area contributed by atoms with Crippen LogP contribution in [0.5, 0.6) is 0 Å². The summed E-state index contributed by atoms with van der Waals surface area (Å²) in [7, 11) is 0. The summed E-state index contributed by atoms with van der Waals surface area (Å²) in [6.07, 6.45) is 2.68. The molecule has 1 aromatic carbocycles. The predicted octanol–water partition coefficient (Wildman–Crippen LogP) is 6.23. The summed E-state index contributed by atoms with van der Waals surface area (Å²) in [5, 5.41) is 3.07. The first-order valence-corrected chi connectivity index (χ1v) is 10.7. The Morgan fingerprint density at radius 3 is 2.54 bits per heavy atom. The minimum Gasteiger partial charge on any atom is -0.326 e. The van der Waals surface area contributed by atoms with Crippen LogP contribution < -0.4 is 10.2 Å². The molecule has 0 saturated carbocycles. The fraction of sp³-hybridized carbons (Fsp3) is 0.478. The molecule has 2 aromatic rings. The zero-order chi connectivity index (χ0) is 20.6. The minimum atomic E-state index is -0.0388. The molecule has 0 radical (unpaired) electrons. The summed E-state index contributed by atoms with van der Waals surface area (Å²) in [5.74, 6) is 0.989. The van der Waals surface area contributed by atoms with Crippen LogP contribution in [-0.2, 0) is 11.2 Å². The highest BCUT2D eigenvalue weighted by atomic mass is 79.9. The van der Waals surface area contributed by atoms with Gasteiger partial charge in [0.15, 0.2) is 0 Å². The Labute approximate surface area is 176 Å². The minimum absolute atomic E-state index is 0.0388. The van der Waals surface area contributed by atoms with E-state index in [2.05, 4.69) is 72.0 Å². The van der Waals surface area contributed by atoms with Gasteiger partial charge in [0, 0.05) is 23.1 Å². The third kappa shape index (κ3) is 4.57. The van der Waals surface area contributed by atoms with E-state index >= 15 is 0 Å². The number of amides is 1. The molecule has 1 aliphatic rings. The number of rotatable bonds is 3. The van der Waals surface area contributed by atoms with E-state index in [1.165, 1.54) is 16.8 Å². The van der Waals surface area contributed by atoms with Crippen molar-refractivity contribution in [3.63, 3.8) is 0 Å². The molecule has 0 fully saturated rings. The summed E-state index contributed by atoms with van der Waals surface area (Å²) in [6, 6.07) is 6.56. The lowest BCUT2D eigenvalue weighted by Gasteiger charge is -2.32. The van der Waals surface area contributed by atoms with E-state index in [9.17, 15) is 4.79 Å². The maximum absolute atomic E-state index is 12.4. The van der Waals surface area contributed by atoms with Crippen LogP contribution in [0, 0.1) is 26.2 Å². The fourth-order valence-electron chi connectivity index (χ4n) is 3.75. The molecule has 150 valence electrons. The van der Waals surface area contributed by atoms with Gasteiger partial charge in [-0.1, -0.05) is 36.7 Å². The maximum atomic E-state index is 12.4. The molecule has 0 saturated heterocycles. The SMILES string of the molecule is Cc1cc2c(cc1Br)CCCN2c1cc(C)c(NC(=O)CC(C)(C)C)c(C)n1. The van der Waals surface area contributed by atoms with E-state index in [0.29, 0.717) is 6.42 Å². The van der Waals surface area contributed by atoms with Crippen molar-refractivity contribution in [2.45, 2.75) is 60.8 Å². The Morgan fingerprint density at radius 2 is 1.89 bits per heavy atom. The van der Waals surface area contributed by atoms with Crippen LogP contribution in [0.1, 0.15) is 56.0 Å². The van der Waals surface area contributed by atoms with Crippen molar-refractivity contribution in [2.24, 2.45) is 5.41 Å². The lowest BCUT2D eigenvalue weighted by Crippen LogP contribution is -2.26.